The predicted octanol–water partition coefficient (Wildman–Crippen LogP) is 3.79. The average molecular weight is 442 g/mol. The first kappa shape index (κ1) is 20.5. The molecule has 3 aromatic heterocycles. The molecule has 0 saturated carbocycles. The highest BCUT2D eigenvalue weighted by Gasteiger charge is 2.35. The van der Waals surface area contributed by atoms with Gasteiger partial charge in [0.1, 0.15) is 6.42 Å². The molecular formula is C22H21F3N6O. The molecule has 0 spiro atoms. The van der Waals surface area contributed by atoms with Crippen LogP contribution in [0.1, 0.15) is 36.4 Å². The van der Waals surface area contributed by atoms with Crippen molar-refractivity contribution in [3.05, 3.63) is 60.6 Å². The van der Waals surface area contributed by atoms with E-state index in [1.165, 1.54) is 4.90 Å². The van der Waals surface area contributed by atoms with Gasteiger partial charge >= 0.3 is 6.18 Å². The average Bonchev–Trinajstić information content (AvgIpc) is 3.39. The second-order valence-corrected chi connectivity index (χ2v) is 8.11. The molecule has 1 aliphatic heterocycles. The molecule has 4 aromatic rings. The number of nitrogens with zero attached hydrogens (tertiary/aromatic N) is 6. The maximum Gasteiger partial charge on any atom is 0.397 e. The third-order valence-electron chi connectivity index (χ3n) is 5.99. The van der Waals surface area contributed by atoms with Gasteiger partial charge in [0.2, 0.25) is 5.91 Å². The minimum absolute atomic E-state index is 0.150. The van der Waals surface area contributed by atoms with Crippen molar-refractivity contribution in [1.29, 1.82) is 0 Å². The largest absolute Gasteiger partial charge is 0.397 e. The van der Waals surface area contributed by atoms with Crippen molar-refractivity contribution < 1.29 is 18.0 Å². The van der Waals surface area contributed by atoms with Crippen molar-refractivity contribution >= 4 is 22.6 Å². The molecule has 1 fully saturated rings. The topological polar surface area (TPSA) is 68.3 Å². The van der Waals surface area contributed by atoms with Crippen molar-refractivity contribution in [2.24, 2.45) is 0 Å². The number of amides is 1. The molecule has 0 N–H and O–H groups in total. The van der Waals surface area contributed by atoms with Crippen LogP contribution in [0, 0.1) is 0 Å². The lowest BCUT2D eigenvalue weighted by Gasteiger charge is -2.32. The number of carbonyl (C=O) groups is 1. The minimum atomic E-state index is -4.47. The van der Waals surface area contributed by atoms with E-state index in [-0.39, 0.29) is 5.92 Å². The van der Waals surface area contributed by atoms with Gasteiger partial charge in [-0.15, -0.1) is 0 Å². The lowest BCUT2D eigenvalue weighted by atomic mass is 9.88. The van der Waals surface area contributed by atoms with Gasteiger partial charge in [-0.1, -0.05) is 12.1 Å². The summed E-state index contributed by atoms with van der Waals surface area (Å²) in [6.45, 7) is 1.20. The number of hydrogen-bond acceptors (Lipinski definition) is 4. The van der Waals surface area contributed by atoms with E-state index in [4.69, 9.17) is 0 Å². The summed E-state index contributed by atoms with van der Waals surface area (Å²) in [7, 11) is 0. The number of halogens is 3. The number of fused-ring (bicyclic) bond motifs is 2. The lowest BCUT2D eigenvalue weighted by molar-refractivity contribution is -0.162. The van der Waals surface area contributed by atoms with E-state index < -0.39 is 18.5 Å². The molecule has 0 aliphatic carbocycles. The fourth-order valence-electron chi connectivity index (χ4n) is 4.41. The molecule has 1 aromatic carbocycles. The Morgan fingerprint density at radius 3 is 2.72 bits per heavy atom. The Hall–Kier alpha value is -3.43. The van der Waals surface area contributed by atoms with Crippen LogP contribution >= 0.6 is 0 Å². The highest BCUT2D eigenvalue weighted by molar-refractivity contribution is 5.80. The molecule has 5 rings (SSSR count). The Morgan fingerprint density at radius 2 is 1.94 bits per heavy atom. The Balaban J connectivity index is 1.33. The van der Waals surface area contributed by atoms with Crippen LogP contribution in [-0.4, -0.2) is 54.0 Å². The summed E-state index contributed by atoms with van der Waals surface area (Å²) in [5, 5.41) is 0. The van der Waals surface area contributed by atoms with Crippen LogP contribution in [0.2, 0.25) is 0 Å². The predicted molar refractivity (Wildman–Crippen MR) is 111 cm³/mol. The van der Waals surface area contributed by atoms with Gasteiger partial charge < -0.3 is 13.9 Å². The number of aromatic nitrogens is 5. The van der Waals surface area contributed by atoms with Crippen molar-refractivity contribution in [2.75, 3.05) is 13.1 Å². The fraction of sp³-hybridized carbons (Fsp3) is 0.364. The maximum atomic E-state index is 12.5. The first-order valence-corrected chi connectivity index (χ1v) is 10.4. The number of rotatable bonds is 4. The van der Waals surface area contributed by atoms with Crippen LogP contribution in [0.4, 0.5) is 13.2 Å². The summed E-state index contributed by atoms with van der Waals surface area (Å²) in [6, 6.07) is 6.00. The summed E-state index contributed by atoms with van der Waals surface area (Å²) in [6.07, 6.45) is 4.43. The Bertz CT molecular complexity index is 1270. The van der Waals surface area contributed by atoms with Gasteiger partial charge in [-0.25, -0.2) is 9.97 Å². The summed E-state index contributed by atoms with van der Waals surface area (Å²) < 4.78 is 41.5. The number of alkyl halides is 3. The van der Waals surface area contributed by atoms with E-state index >= 15 is 0 Å². The van der Waals surface area contributed by atoms with E-state index in [0.717, 1.165) is 27.9 Å². The summed E-state index contributed by atoms with van der Waals surface area (Å²) in [5.74, 6) is -0.696. The number of likely N-dealkylation sites (tertiary alicyclic amines) is 1. The van der Waals surface area contributed by atoms with E-state index in [1.807, 2.05) is 39.6 Å². The molecular weight excluding hydrogens is 421 g/mol. The third kappa shape index (κ3) is 4.04. The highest BCUT2D eigenvalue weighted by atomic mass is 19.4. The molecule has 1 aliphatic rings. The van der Waals surface area contributed by atoms with Gasteiger partial charge in [-0.05, 0) is 30.4 Å². The zero-order valence-corrected chi connectivity index (χ0v) is 17.2. The molecule has 0 unspecified atom stereocenters. The molecule has 0 atom stereocenters. The standard InChI is InChI=1S/C22H21F3N6O/c23-22(24,25)10-20(32)29-7-4-15(5-8-29)17-2-1-3-18-21(17)28-14-31(18)13-16-12-30-9-6-26-19(30)11-27-16/h1-3,6,9,11-12,14-15H,4-5,7-8,10,13H2. The second-order valence-electron chi connectivity index (χ2n) is 8.11. The summed E-state index contributed by atoms with van der Waals surface area (Å²) in [4.78, 5) is 26.5. The molecule has 4 heterocycles. The number of piperidine rings is 1. The Labute approximate surface area is 181 Å². The van der Waals surface area contributed by atoms with Crippen molar-refractivity contribution in [3.63, 3.8) is 0 Å². The van der Waals surface area contributed by atoms with Crippen molar-refractivity contribution in [2.45, 2.75) is 37.9 Å². The smallest absolute Gasteiger partial charge is 0.342 e. The minimum Gasteiger partial charge on any atom is -0.342 e. The quantitative estimate of drug-likeness (QED) is 0.482. The molecule has 32 heavy (non-hydrogen) atoms. The normalized spacial score (nSPS) is 15.7. The van der Waals surface area contributed by atoms with Crippen LogP contribution in [0.25, 0.3) is 16.7 Å². The van der Waals surface area contributed by atoms with Crippen LogP contribution in [0.5, 0.6) is 0 Å². The van der Waals surface area contributed by atoms with Crippen molar-refractivity contribution in [1.82, 2.24) is 28.8 Å². The number of para-hydroxylation sites is 1. The molecule has 1 amide bonds. The Kier molecular flexibility index (Phi) is 5.07. The summed E-state index contributed by atoms with van der Waals surface area (Å²) >= 11 is 0. The maximum absolute atomic E-state index is 12.5. The Morgan fingerprint density at radius 1 is 1.12 bits per heavy atom. The van der Waals surface area contributed by atoms with Crippen LogP contribution < -0.4 is 0 Å². The van der Waals surface area contributed by atoms with Gasteiger partial charge in [-0.2, -0.15) is 13.2 Å². The van der Waals surface area contributed by atoms with E-state index in [0.29, 0.717) is 32.5 Å². The van der Waals surface area contributed by atoms with E-state index in [1.54, 1.807) is 18.7 Å². The first-order valence-electron chi connectivity index (χ1n) is 10.4. The lowest BCUT2D eigenvalue weighted by Crippen LogP contribution is -2.39. The highest BCUT2D eigenvalue weighted by Crippen LogP contribution is 2.33. The van der Waals surface area contributed by atoms with Crippen LogP contribution in [-0.2, 0) is 11.3 Å². The molecule has 166 valence electrons. The van der Waals surface area contributed by atoms with Crippen LogP contribution in [0.3, 0.4) is 0 Å². The van der Waals surface area contributed by atoms with Gasteiger partial charge in [0.15, 0.2) is 5.65 Å². The zero-order chi connectivity index (χ0) is 22.3. The molecule has 0 bridgehead atoms. The number of imidazole rings is 2. The SMILES string of the molecule is O=C(CC(F)(F)F)N1CCC(c2cccc3c2ncn3Cc2cn3ccnc3cn2)CC1. The fourth-order valence-corrected chi connectivity index (χ4v) is 4.41. The van der Waals surface area contributed by atoms with Gasteiger partial charge in [0.25, 0.3) is 0 Å². The molecule has 7 nitrogen and oxygen atoms in total. The number of carbonyl (C=O) groups excluding carboxylic acids is 1. The molecule has 1 saturated heterocycles. The van der Waals surface area contributed by atoms with Gasteiger partial charge in [-0.3, -0.25) is 9.78 Å². The van der Waals surface area contributed by atoms with Crippen molar-refractivity contribution in [3.8, 4) is 0 Å². The number of hydrogen-bond donors (Lipinski definition) is 0. The number of benzene rings is 1. The van der Waals surface area contributed by atoms with Gasteiger partial charge in [0, 0.05) is 31.7 Å². The monoisotopic (exact) mass is 442 g/mol. The zero-order valence-electron chi connectivity index (χ0n) is 17.2. The second kappa shape index (κ2) is 7.92. The van der Waals surface area contributed by atoms with E-state index in [2.05, 4.69) is 15.0 Å². The van der Waals surface area contributed by atoms with E-state index in [9.17, 15) is 18.0 Å². The summed E-state index contributed by atoms with van der Waals surface area (Å²) in [5.41, 5.74) is 4.59. The van der Waals surface area contributed by atoms with Gasteiger partial charge in [0.05, 0.1) is 35.8 Å². The molecule has 10 heteroatoms. The van der Waals surface area contributed by atoms with Crippen LogP contribution in [0.15, 0.2) is 49.3 Å². The molecule has 0 radical (unpaired) electrons. The third-order valence-corrected chi connectivity index (χ3v) is 5.99. The first-order chi connectivity index (χ1) is 15.4.